The highest BCUT2D eigenvalue weighted by Gasteiger charge is 2.12. The predicted molar refractivity (Wildman–Crippen MR) is 125 cm³/mol. The highest BCUT2D eigenvalue weighted by atomic mass is 32.1. The van der Waals surface area contributed by atoms with E-state index in [0.29, 0.717) is 22.6 Å². The van der Waals surface area contributed by atoms with Crippen molar-refractivity contribution in [1.82, 2.24) is 10.6 Å². The topological polar surface area (TPSA) is 79.5 Å². The quantitative estimate of drug-likeness (QED) is 0.505. The zero-order valence-corrected chi connectivity index (χ0v) is 18.0. The minimum absolute atomic E-state index is 0.104. The molecule has 0 aliphatic rings. The molecule has 1 atom stereocenters. The van der Waals surface area contributed by atoms with E-state index in [1.54, 1.807) is 55.6 Å². The lowest BCUT2D eigenvalue weighted by molar-refractivity contribution is 0.0938. The van der Waals surface area contributed by atoms with Gasteiger partial charge in [0, 0.05) is 16.8 Å². The monoisotopic (exact) mass is 433 g/mol. The Labute approximate surface area is 186 Å². The second-order valence-electron chi connectivity index (χ2n) is 6.82. The van der Waals surface area contributed by atoms with Gasteiger partial charge in [-0.2, -0.15) is 0 Å². The van der Waals surface area contributed by atoms with Gasteiger partial charge in [0.1, 0.15) is 5.75 Å². The molecule has 0 bridgehead atoms. The molecule has 0 spiro atoms. The molecule has 6 nitrogen and oxygen atoms in total. The van der Waals surface area contributed by atoms with Gasteiger partial charge in [0.05, 0.1) is 13.2 Å². The summed E-state index contributed by atoms with van der Waals surface area (Å²) in [6, 6.07) is 23.2. The summed E-state index contributed by atoms with van der Waals surface area (Å²) < 4.78 is 5.08. The molecule has 1 unspecified atom stereocenters. The molecule has 0 aliphatic heterocycles. The van der Waals surface area contributed by atoms with E-state index in [-0.39, 0.29) is 23.0 Å². The number of carbonyl (C=O) groups is 2. The summed E-state index contributed by atoms with van der Waals surface area (Å²) in [5.74, 6) is 0.170. The molecule has 0 fully saturated rings. The highest BCUT2D eigenvalue weighted by molar-refractivity contribution is 7.80. The van der Waals surface area contributed by atoms with Crippen molar-refractivity contribution in [3.8, 4) is 5.75 Å². The van der Waals surface area contributed by atoms with Crippen molar-refractivity contribution in [2.45, 2.75) is 13.0 Å². The van der Waals surface area contributed by atoms with Crippen LogP contribution in [0.1, 0.15) is 39.2 Å². The molecule has 0 aliphatic carbocycles. The van der Waals surface area contributed by atoms with Crippen LogP contribution in [0, 0.1) is 0 Å². The summed E-state index contributed by atoms with van der Waals surface area (Å²) in [4.78, 5) is 24.8. The number of amides is 2. The highest BCUT2D eigenvalue weighted by Crippen LogP contribution is 2.15. The summed E-state index contributed by atoms with van der Waals surface area (Å²) in [6.45, 7) is 1.94. The zero-order valence-electron chi connectivity index (χ0n) is 17.2. The Bertz CT molecular complexity index is 1050. The lowest BCUT2D eigenvalue weighted by Gasteiger charge is -2.15. The first-order valence-electron chi connectivity index (χ1n) is 9.68. The van der Waals surface area contributed by atoms with Crippen LogP contribution in [-0.4, -0.2) is 24.0 Å². The van der Waals surface area contributed by atoms with E-state index in [2.05, 4.69) is 16.0 Å². The van der Waals surface area contributed by atoms with Gasteiger partial charge >= 0.3 is 0 Å². The third kappa shape index (κ3) is 6.13. The predicted octanol–water partition coefficient (Wildman–Crippen LogP) is 4.31. The van der Waals surface area contributed by atoms with Gasteiger partial charge in [-0.25, -0.2) is 0 Å². The summed E-state index contributed by atoms with van der Waals surface area (Å²) in [5.41, 5.74) is 2.69. The number of benzene rings is 3. The van der Waals surface area contributed by atoms with Crippen molar-refractivity contribution < 1.29 is 14.3 Å². The largest absolute Gasteiger partial charge is 0.497 e. The van der Waals surface area contributed by atoms with Crippen molar-refractivity contribution in [2.24, 2.45) is 0 Å². The lowest BCUT2D eigenvalue weighted by atomic mass is 10.1. The second-order valence-corrected chi connectivity index (χ2v) is 7.23. The molecule has 7 heteroatoms. The van der Waals surface area contributed by atoms with E-state index < -0.39 is 0 Å². The Balaban J connectivity index is 1.53. The van der Waals surface area contributed by atoms with Crippen molar-refractivity contribution in [1.29, 1.82) is 0 Å². The number of ether oxygens (including phenoxy) is 1. The van der Waals surface area contributed by atoms with Gasteiger partial charge in [-0.1, -0.05) is 30.3 Å². The zero-order chi connectivity index (χ0) is 22.2. The molecule has 31 heavy (non-hydrogen) atoms. The molecule has 3 aromatic carbocycles. The van der Waals surface area contributed by atoms with Gasteiger partial charge < -0.3 is 15.4 Å². The summed E-state index contributed by atoms with van der Waals surface area (Å²) in [7, 11) is 1.56. The fourth-order valence-electron chi connectivity index (χ4n) is 2.89. The van der Waals surface area contributed by atoms with Crippen LogP contribution < -0.4 is 20.7 Å². The molecule has 0 aromatic heterocycles. The molecule has 2 amide bonds. The van der Waals surface area contributed by atoms with Crippen LogP contribution in [0.3, 0.4) is 0 Å². The molecule has 0 saturated heterocycles. The van der Waals surface area contributed by atoms with E-state index in [1.165, 1.54) is 0 Å². The molecule has 0 radical (unpaired) electrons. The van der Waals surface area contributed by atoms with Gasteiger partial charge in [-0.05, 0) is 73.2 Å². The SMILES string of the molecule is COc1ccc(C(=O)NC(=S)Nc2ccc(C(=O)NC(C)c3ccccc3)cc2)cc1. The van der Waals surface area contributed by atoms with E-state index in [9.17, 15) is 9.59 Å². The van der Waals surface area contributed by atoms with Crippen LogP contribution in [0.15, 0.2) is 78.9 Å². The van der Waals surface area contributed by atoms with Crippen molar-refractivity contribution in [2.75, 3.05) is 12.4 Å². The van der Waals surface area contributed by atoms with Crippen molar-refractivity contribution in [3.63, 3.8) is 0 Å². The van der Waals surface area contributed by atoms with E-state index >= 15 is 0 Å². The fraction of sp³-hybridized carbons (Fsp3) is 0.125. The number of thiocarbonyl (C=S) groups is 1. The van der Waals surface area contributed by atoms with Gasteiger partial charge in [-0.15, -0.1) is 0 Å². The van der Waals surface area contributed by atoms with Crippen LogP contribution in [-0.2, 0) is 0 Å². The summed E-state index contributed by atoms with van der Waals surface area (Å²) >= 11 is 5.21. The normalized spacial score (nSPS) is 11.2. The number of carbonyl (C=O) groups excluding carboxylic acids is 2. The van der Waals surface area contributed by atoms with E-state index in [0.717, 1.165) is 5.56 Å². The van der Waals surface area contributed by atoms with E-state index in [4.69, 9.17) is 17.0 Å². The second kappa shape index (κ2) is 10.4. The Morgan fingerprint density at radius 3 is 2.03 bits per heavy atom. The summed E-state index contributed by atoms with van der Waals surface area (Å²) in [6.07, 6.45) is 0. The van der Waals surface area contributed by atoms with Crippen molar-refractivity contribution >= 4 is 34.8 Å². The summed E-state index contributed by atoms with van der Waals surface area (Å²) in [5, 5.41) is 8.70. The Morgan fingerprint density at radius 2 is 1.42 bits per heavy atom. The first kappa shape index (κ1) is 22.0. The third-order valence-corrected chi connectivity index (χ3v) is 4.84. The molecule has 3 N–H and O–H groups in total. The molecular weight excluding hydrogens is 410 g/mol. The van der Waals surface area contributed by atoms with Crippen molar-refractivity contribution in [3.05, 3.63) is 95.6 Å². The molecule has 158 valence electrons. The average Bonchev–Trinajstić information content (AvgIpc) is 2.80. The number of hydrogen-bond donors (Lipinski definition) is 3. The molecule has 0 saturated carbocycles. The Kier molecular flexibility index (Phi) is 7.35. The smallest absolute Gasteiger partial charge is 0.257 e. The Morgan fingerprint density at radius 1 is 0.839 bits per heavy atom. The van der Waals surface area contributed by atoms with Crippen LogP contribution >= 0.6 is 12.2 Å². The number of rotatable bonds is 6. The van der Waals surface area contributed by atoms with Crippen LogP contribution in [0.4, 0.5) is 5.69 Å². The van der Waals surface area contributed by atoms with Crippen LogP contribution in [0.25, 0.3) is 0 Å². The minimum Gasteiger partial charge on any atom is -0.497 e. The number of hydrogen-bond acceptors (Lipinski definition) is 4. The Hall–Kier alpha value is -3.71. The molecule has 3 rings (SSSR count). The number of anilines is 1. The molecule has 0 heterocycles. The molecule has 3 aromatic rings. The average molecular weight is 434 g/mol. The van der Waals surface area contributed by atoms with Gasteiger partial charge in [0.25, 0.3) is 11.8 Å². The van der Waals surface area contributed by atoms with E-state index in [1.807, 2.05) is 37.3 Å². The lowest BCUT2D eigenvalue weighted by Crippen LogP contribution is -2.34. The maximum absolute atomic E-state index is 12.5. The third-order valence-electron chi connectivity index (χ3n) is 4.63. The maximum atomic E-state index is 12.5. The van der Waals surface area contributed by atoms with Gasteiger partial charge in [0.2, 0.25) is 0 Å². The van der Waals surface area contributed by atoms with Gasteiger partial charge in [-0.3, -0.25) is 14.9 Å². The standard InChI is InChI=1S/C24H23N3O3S/c1-16(17-6-4-3-5-7-17)25-22(28)18-8-12-20(13-9-18)26-24(31)27-23(29)19-10-14-21(30-2)15-11-19/h3-16H,1-2H3,(H,25,28)(H2,26,27,29,31). The fourth-order valence-corrected chi connectivity index (χ4v) is 3.10. The van der Waals surface area contributed by atoms with Crippen LogP contribution in [0.5, 0.6) is 5.75 Å². The van der Waals surface area contributed by atoms with Gasteiger partial charge in [0.15, 0.2) is 5.11 Å². The first-order valence-corrected chi connectivity index (χ1v) is 10.1. The first-order chi connectivity index (χ1) is 15.0. The number of methoxy groups -OCH3 is 1. The number of nitrogens with one attached hydrogen (secondary N) is 3. The van der Waals surface area contributed by atoms with Crippen LogP contribution in [0.2, 0.25) is 0 Å². The minimum atomic E-state index is -0.328. The maximum Gasteiger partial charge on any atom is 0.257 e. The molecular formula is C24H23N3O3S.